The van der Waals surface area contributed by atoms with E-state index in [4.69, 9.17) is 23.2 Å². The third-order valence-electron chi connectivity index (χ3n) is 3.68. The van der Waals surface area contributed by atoms with Crippen molar-refractivity contribution in [3.63, 3.8) is 0 Å². The first kappa shape index (κ1) is 17.8. The smallest absolute Gasteiger partial charge is 0.225 e. The quantitative estimate of drug-likeness (QED) is 0.778. The fourth-order valence-corrected chi connectivity index (χ4v) is 2.82. The van der Waals surface area contributed by atoms with Gasteiger partial charge in [-0.15, -0.1) is 0 Å². The van der Waals surface area contributed by atoms with Gasteiger partial charge >= 0.3 is 0 Å². The second-order valence-electron chi connectivity index (χ2n) is 5.71. The van der Waals surface area contributed by atoms with E-state index in [9.17, 15) is 4.79 Å². The summed E-state index contributed by atoms with van der Waals surface area (Å²) in [6.07, 6.45) is 3.64. The van der Waals surface area contributed by atoms with Crippen molar-refractivity contribution in [2.45, 2.75) is 33.9 Å². The Hall–Kier alpha value is -1.52. The molecule has 23 heavy (non-hydrogen) atoms. The molecule has 0 radical (unpaired) electrons. The molecule has 1 amide bonds. The summed E-state index contributed by atoms with van der Waals surface area (Å²) in [5.74, 6) is 0.947. The zero-order valence-corrected chi connectivity index (χ0v) is 15.1. The van der Waals surface area contributed by atoms with Gasteiger partial charge in [-0.2, -0.15) is 0 Å². The number of imidazole rings is 1. The molecule has 0 aliphatic heterocycles. The number of hydrogen-bond acceptors (Lipinski definition) is 2. The molecule has 0 bridgehead atoms. The molecule has 2 rings (SSSR count). The Balaban J connectivity index is 2.17. The van der Waals surface area contributed by atoms with Crippen molar-refractivity contribution in [3.05, 3.63) is 52.0 Å². The maximum Gasteiger partial charge on any atom is 0.225 e. The first-order valence-electron chi connectivity index (χ1n) is 7.65. The number of carbonyl (C=O) groups excluding carboxylic acids is 1. The molecule has 0 fully saturated rings. The van der Waals surface area contributed by atoms with Crippen molar-refractivity contribution in [3.8, 4) is 0 Å². The maximum atomic E-state index is 12.2. The van der Waals surface area contributed by atoms with Crippen LogP contribution in [0.1, 0.15) is 32.2 Å². The lowest BCUT2D eigenvalue weighted by Crippen LogP contribution is -2.34. The molecule has 0 saturated heterocycles. The number of benzene rings is 1. The van der Waals surface area contributed by atoms with Gasteiger partial charge in [-0.25, -0.2) is 4.98 Å². The molecule has 2 aromatic rings. The number of nitrogens with zero attached hydrogens (tertiary/aromatic N) is 3. The van der Waals surface area contributed by atoms with Crippen LogP contribution in [0.2, 0.25) is 10.0 Å². The Morgan fingerprint density at radius 2 is 2.09 bits per heavy atom. The summed E-state index contributed by atoms with van der Waals surface area (Å²) in [6, 6.07) is 5.46. The topological polar surface area (TPSA) is 38.1 Å². The molecule has 0 aliphatic rings. The second kappa shape index (κ2) is 7.84. The number of amides is 1. The minimum absolute atomic E-state index is 0.0240. The molecule has 0 atom stereocenters. The Labute approximate surface area is 147 Å². The van der Waals surface area contributed by atoms with Crippen LogP contribution in [0.25, 0.3) is 0 Å². The van der Waals surface area contributed by atoms with E-state index in [2.05, 4.69) is 4.98 Å². The van der Waals surface area contributed by atoms with Crippen molar-refractivity contribution in [2.24, 2.45) is 5.92 Å². The van der Waals surface area contributed by atoms with Gasteiger partial charge in [0.05, 0.1) is 13.1 Å². The van der Waals surface area contributed by atoms with Crippen LogP contribution in [-0.2, 0) is 17.9 Å². The maximum absolute atomic E-state index is 12.2. The molecule has 1 aromatic heterocycles. The Kier molecular flexibility index (Phi) is 6.08. The molecule has 0 N–H and O–H groups in total. The van der Waals surface area contributed by atoms with E-state index in [1.807, 2.05) is 48.6 Å². The number of hydrogen-bond donors (Lipinski definition) is 0. The lowest BCUT2D eigenvalue weighted by molar-refractivity contribution is -0.135. The van der Waals surface area contributed by atoms with Crippen molar-refractivity contribution in [2.75, 3.05) is 6.54 Å². The standard InChI is InChI=1S/C17H21Cl2N3O/c1-4-21(17(23)12(2)3)11-16-20-7-8-22(16)10-13-5-6-14(18)9-15(13)19/h5-9,12H,4,10-11H2,1-3H3. The van der Waals surface area contributed by atoms with Crippen LogP contribution in [-0.4, -0.2) is 26.9 Å². The predicted molar refractivity (Wildman–Crippen MR) is 93.7 cm³/mol. The highest BCUT2D eigenvalue weighted by atomic mass is 35.5. The molecule has 0 saturated carbocycles. The highest BCUT2D eigenvalue weighted by Gasteiger charge is 2.18. The van der Waals surface area contributed by atoms with Gasteiger partial charge in [0.25, 0.3) is 0 Å². The summed E-state index contributed by atoms with van der Waals surface area (Å²) in [4.78, 5) is 18.4. The molecule has 0 spiro atoms. The fraction of sp³-hybridized carbons (Fsp3) is 0.412. The molecule has 4 nitrogen and oxygen atoms in total. The van der Waals surface area contributed by atoms with Gasteiger partial charge in [-0.1, -0.05) is 43.1 Å². The molecule has 124 valence electrons. The van der Waals surface area contributed by atoms with Gasteiger partial charge in [0, 0.05) is 34.9 Å². The second-order valence-corrected chi connectivity index (χ2v) is 6.56. The van der Waals surface area contributed by atoms with E-state index in [1.165, 1.54) is 0 Å². The summed E-state index contributed by atoms with van der Waals surface area (Å²) in [6.45, 7) is 7.54. The normalized spacial score (nSPS) is 11.0. The van der Waals surface area contributed by atoms with E-state index in [1.54, 1.807) is 12.3 Å². The van der Waals surface area contributed by atoms with Crippen LogP contribution in [0.3, 0.4) is 0 Å². The van der Waals surface area contributed by atoms with Gasteiger partial charge in [-0.3, -0.25) is 4.79 Å². The number of carbonyl (C=O) groups is 1. The summed E-state index contributed by atoms with van der Waals surface area (Å²) < 4.78 is 2.01. The van der Waals surface area contributed by atoms with Crippen molar-refractivity contribution in [1.82, 2.24) is 14.5 Å². The third kappa shape index (κ3) is 4.49. The van der Waals surface area contributed by atoms with Gasteiger partial charge < -0.3 is 9.47 Å². The fourth-order valence-electron chi connectivity index (χ4n) is 2.35. The molecule has 1 heterocycles. The average molecular weight is 354 g/mol. The van der Waals surface area contributed by atoms with Crippen LogP contribution in [0.5, 0.6) is 0 Å². The van der Waals surface area contributed by atoms with Crippen LogP contribution >= 0.6 is 23.2 Å². The van der Waals surface area contributed by atoms with Gasteiger partial charge in [0.2, 0.25) is 5.91 Å². The monoisotopic (exact) mass is 353 g/mol. The largest absolute Gasteiger partial charge is 0.335 e. The number of aromatic nitrogens is 2. The summed E-state index contributed by atoms with van der Waals surface area (Å²) in [7, 11) is 0. The lowest BCUT2D eigenvalue weighted by atomic mass is 10.2. The third-order valence-corrected chi connectivity index (χ3v) is 4.26. The Morgan fingerprint density at radius 3 is 2.70 bits per heavy atom. The van der Waals surface area contributed by atoms with Gasteiger partial charge in [-0.05, 0) is 24.6 Å². The van der Waals surface area contributed by atoms with Crippen LogP contribution in [0, 0.1) is 5.92 Å². The lowest BCUT2D eigenvalue weighted by Gasteiger charge is -2.23. The van der Waals surface area contributed by atoms with E-state index < -0.39 is 0 Å². The average Bonchev–Trinajstić information content (AvgIpc) is 2.93. The van der Waals surface area contributed by atoms with Gasteiger partial charge in [0.1, 0.15) is 5.82 Å². The highest BCUT2D eigenvalue weighted by Crippen LogP contribution is 2.22. The molecule has 0 aliphatic carbocycles. The Morgan fingerprint density at radius 1 is 1.35 bits per heavy atom. The summed E-state index contributed by atoms with van der Waals surface area (Å²) >= 11 is 12.2. The first-order valence-corrected chi connectivity index (χ1v) is 8.40. The molecule has 1 aromatic carbocycles. The molecule has 6 heteroatoms. The number of halogens is 2. The highest BCUT2D eigenvalue weighted by molar-refractivity contribution is 6.35. The van der Waals surface area contributed by atoms with E-state index in [-0.39, 0.29) is 11.8 Å². The molecular weight excluding hydrogens is 333 g/mol. The molecular formula is C17H21Cl2N3O. The van der Waals surface area contributed by atoms with E-state index >= 15 is 0 Å². The summed E-state index contributed by atoms with van der Waals surface area (Å²) in [5.41, 5.74) is 0.966. The van der Waals surface area contributed by atoms with E-state index in [0.717, 1.165) is 11.4 Å². The van der Waals surface area contributed by atoms with Crippen LogP contribution in [0.15, 0.2) is 30.6 Å². The number of rotatable bonds is 6. The first-order chi connectivity index (χ1) is 10.9. The SMILES string of the molecule is CCN(Cc1nccn1Cc1ccc(Cl)cc1Cl)C(=O)C(C)C. The van der Waals surface area contributed by atoms with Gasteiger partial charge in [0.15, 0.2) is 0 Å². The zero-order chi connectivity index (χ0) is 17.0. The summed E-state index contributed by atoms with van der Waals surface area (Å²) in [5, 5.41) is 1.24. The van der Waals surface area contributed by atoms with E-state index in [0.29, 0.717) is 29.7 Å². The van der Waals surface area contributed by atoms with Crippen molar-refractivity contribution >= 4 is 29.1 Å². The minimum atomic E-state index is -0.0240. The predicted octanol–water partition coefficient (Wildman–Crippen LogP) is 4.24. The Bertz CT molecular complexity index is 682. The van der Waals surface area contributed by atoms with Crippen LogP contribution in [0.4, 0.5) is 0 Å². The zero-order valence-electron chi connectivity index (χ0n) is 13.6. The van der Waals surface area contributed by atoms with Crippen molar-refractivity contribution < 1.29 is 4.79 Å². The minimum Gasteiger partial charge on any atom is -0.335 e. The van der Waals surface area contributed by atoms with Crippen LogP contribution < -0.4 is 0 Å². The van der Waals surface area contributed by atoms with Crippen molar-refractivity contribution in [1.29, 1.82) is 0 Å². The molecule has 0 unspecified atom stereocenters.